The molecule has 27 heavy (non-hydrogen) atoms. The van der Waals surface area contributed by atoms with Crippen LogP contribution in [0.2, 0.25) is 0 Å². The number of carbonyl (C=O) groups excluding carboxylic acids is 2. The number of sulfonamides is 1. The van der Waals surface area contributed by atoms with Crippen LogP contribution in [0.25, 0.3) is 0 Å². The van der Waals surface area contributed by atoms with Gasteiger partial charge in [0.05, 0.1) is 18.7 Å². The van der Waals surface area contributed by atoms with Gasteiger partial charge in [0.2, 0.25) is 0 Å². The molecule has 1 heterocycles. The molecule has 1 atom stereocenters. The van der Waals surface area contributed by atoms with Gasteiger partial charge in [-0.25, -0.2) is 27.7 Å². The molecule has 0 radical (unpaired) electrons. The lowest BCUT2D eigenvalue weighted by molar-refractivity contribution is 0.0596. The van der Waals surface area contributed by atoms with Crippen molar-refractivity contribution in [1.82, 2.24) is 9.73 Å². The number of carbonyl (C=O) groups is 2. The second-order valence-electron chi connectivity index (χ2n) is 5.70. The molecule has 0 spiro atoms. The fraction of sp³-hybridized carbons (Fsp3) is 0.167. The highest BCUT2D eigenvalue weighted by Crippen LogP contribution is 2.28. The van der Waals surface area contributed by atoms with Gasteiger partial charge in [-0.3, -0.25) is 0 Å². The summed E-state index contributed by atoms with van der Waals surface area (Å²) < 4.78 is 31.9. The number of hydrazone groups is 1. The number of benzene rings is 2. The van der Waals surface area contributed by atoms with E-state index in [9.17, 15) is 18.0 Å². The van der Waals surface area contributed by atoms with Gasteiger partial charge in [-0.2, -0.15) is 5.10 Å². The van der Waals surface area contributed by atoms with Gasteiger partial charge in [0, 0.05) is 12.6 Å². The van der Waals surface area contributed by atoms with Gasteiger partial charge in [-0.05, 0) is 17.7 Å². The zero-order valence-corrected chi connectivity index (χ0v) is 15.2. The van der Waals surface area contributed by atoms with Crippen molar-refractivity contribution in [1.29, 1.82) is 0 Å². The van der Waals surface area contributed by atoms with E-state index in [1.54, 1.807) is 6.21 Å². The fourth-order valence-corrected chi connectivity index (χ4v) is 3.89. The first kappa shape index (κ1) is 18.6. The molecule has 1 aliphatic rings. The molecule has 2 aromatic carbocycles. The van der Waals surface area contributed by atoms with Crippen molar-refractivity contribution in [2.24, 2.45) is 5.10 Å². The summed E-state index contributed by atoms with van der Waals surface area (Å²) >= 11 is 0. The number of urea groups is 1. The van der Waals surface area contributed by atoms with Crippen molar-refractivity contribution in [3.63, 3.8) is 0 Å². The molecule has 1 aliphatic heterocycles. The highest BCUT2D eigenvalue weighted by atomic mass is 32.2. The van der Waals surface area contributed by atoms with Crippen LogP contribution in [0, 0.1) is 0 Å². The Hall–Kier alpha value is -3.20. The molecular formula is C18H17N3O5S. The summed E-state index contributed by atoms with van der Waals surface area (Å²) in [7, 11) is -3.16. The minimum Gasteiger partial charge on any atom is -0.465 e. The lowest BCUT2D eigenvalue weighted by Crippen LogP contribution is -2.40. The van der Waals surface area contributed by atoms with E-state index < -0.39 is 28.1 Å². The van der Waals surface area contributed by atoms with Gasteiger partial charge in [0.15, 0.2) is 0 Å². The summed E-state index contributed by atoms with van der Waals surface area (Å²) in [6.07, 6.45) is 2.02. The number of hydrogen-bond acceptors (Lipinski definition) is 6. The van der Waals surface area contributed by atoms with Crippen LogP contribution in [0.4, 0.5) is 4.79 Å². The van der Waals surface area contributed by atoms with E-state index in [0.29, 0.717) is 6.42 Å². The molecule has 1 N–H and O–H groups in total. The SMILES string of the molecule is COC(=O)c1ccccc1S(=O)(=O)NC(=O)N1N=CCC1c1ccccc1. The number of methoxy groups -OCH3 is 1. The van der Waals surface area contributed by atoms with Crippen LogP contribution >= 0.6 is 0 Å². The molecule has 0 aromatic heterocycles. The third-order valence-electron chi connectivity index (χ3n) is 4.03. The van der Waals surface area contributed by atoms with E-state index in [4.69, 9.17) is 0 Å². The Morgan fingerprint density at radius 2 is 1.78 bits per heavy atom. The Labute approximate surface area is 156 Å². The quantitative estimate of drug-likeness (QED) is 0.811. The first-order valence-corrected chi connectivity index (χ1v) is 9.53. The Bertz CT molecular complexity index is 989. The number of amides is 2. The van der Waals surface area contributed by atoms with Gasteiger partial charge >= 0.3 is 12.0 Å². The van der Waals surface area contributed by atoms with Crippen LogP contribution in [0.5, 0.6) is 0 Å². The summed E-state index contributed by atoms with van der Waals surface area (Å²) in [6.45, 7) is 0. The van der Waals surface area contributed by atoms with Crippen LogP contribution < -0.4 is 4.72 Å². The Balaban J connectivity index is 1.85. The molecule has 0 bridgehead atoms. The minimum atomic E-state index is -4.30. The van der Waals surface area contributed by atoms with Gasteiger partial charge in [-0.1, -0.05) is 42.5 Å². The van der Waals surface area contributed by atoms with Crippen molar-refractivity contribution in [2.45, 2.75) is 17.4 Å². The average molecular weight is 387 g/mol. The number of esters is 1. The summed E-state index contributed by atoms with van der Waals surface area (Å²) in [5.41, 5.74) is 0.669. The maximum atomic E-state index is 12.7. The molecule has 0 saturated heterocycles. The Kier molecular flexibility index (Phi) is 5.22. The standard InChI is InChI=1S/C18H17N3O5S/c1-26-17(22)14-9-5-6-10-16(14)27(24,25)20-18(23)21-15(11-12-19-21)13-7-3-2-4-8-13/h2-10,12,15H,11H2,1H3,(H,20,23). The predicted molar refractivity (Wildman–Crippen MR) is 97.6 cm³/mol. The molecule has 0 fully saturated rings. The van der Waals surface area contributed by atoms with Crippen molar-refractivity contribution in [3.05, 3.63) is 65.7 Å². The van der Waals surface area contributed by atoms with Crippen LogP contribution in [-0.2, 0) is 14.8 Å². The minimum absolute atomic E-state index is 0.162. The van der Waals surface area contributed by atoms with Gasteiger partial charge < -0.3 is 4.74 Å². The lowest BCUT2D eigenvalue weighted by Gasteiger charge is -2.22. The third kappa shape index (κ3) is 3.82. The van der Waals surface area contributed by atoms with E-state index >= 15 is 0 Å². The van der Waals surface area contributed by atoms with Gasteiger partial charge in [0.1, 0.15) is 4.90 Å². The van der Waals surface area contributed by atoms with Gasteiger partial charge in [0.25, 0.3) is 10.0 Å². The summed E-state index contributed by atoms with van der Waals surface area (Å²) in [6, 6.07) is 13.3. The average Bonchev–Trinajstić information content (AvgIpc) is 3.18. The first-order chi connectivity index (χ1) is 12.9. The molecule has 9 heteroatoms. The molecular weight excluding hydrogens is 370 g/mol. The van der Waals surface area contributed by atoms with Crippen LogP contribution in [0.3, 0.4) is 0 Å². The molecule has 3 rings (SSSR count). The van der Waals surface area contributed by atoms with E-state index in [0.717, 1.165) is 17.7 Å². The topological polar surface area (TPSA) is 105 Å². The van der Waals surface area contributed by atoms with Gasteiger partial charge in [-0.15, -0.1) is 0 Å². The third-order valence-corrected chi connectivity index (χ3v) is 5.40. The fourth-order valence-electron chi connectivity index (χ4n) is 2.76. The first-order valence-electron chi connectivity index (χ1n) is 8.05. The van der Waals surface area contributed by atoms with Crippen LogP contribution in [0.15, 0.2) is 64.6 Å². The van der Waals surface area contributed by atoms with Crippen LogP contribution in [-0.4, -0.2) is 38.8 Å². The smallest absolute Gasteiger partial charge is 0.352 e. The molecule has 2 aromatic rings. The molecule has 8 nitrogen and oxygen atoms in total. The molecule has 140 valence electrons. The number of nitrogens with one attached hydrogen (secondary N) is 1. The Morgan fingerprint density at radius 1 is 1.11 bits per heavy atom. The molecule has 0 aliphatic carbocycles. The summed E-state index contributed by atoms with van der Waals surface area (Å²) in [4.78, 5) is 24.1. The predicted octanol–water partition coefficient (Wildman–Crippen LogP) is 2.30. The van der Waals surface area contributed by atoms with Crippen molar-refractivity contribution < 1.29 is 22.7 Å². The second kappa shape index (κ2) is 7.58. The number of nitrogens with zero attached hydrogens (tertiary/aromatic N) is 2. The second-order valence-corrected chi connectivity index (χ2v) is 7.35. The number of ether oxygens (including phenoxy) is 1. The molecule has 0 saturated carbocycles. The maximum absolute atomic E-state index is 12.7. The highest BCUT2D eigenvalue weighted by molar-refractivity contribution is 7.90. The van der Waals surface area contributed by atoms with Crippen molar-refractivity contribution >= 4 is 28.2 Å². The van der Waals surface area contributed by atoms with Crippen LogP contribution in [0.1, 0.15) is 28.4 Å². The zero-order valence-electron chi connectivity index (χ0n) is 14.4. The number of rotatable bonds is 4. The van der Waals surface area contributed by atoms with E-state index in [1.165, 1.54) is 24.3 Å². The normalized spacial score (nSPS) is 16.2. The molecule has 1 unspecified atom stereocenters. The van der Waals surface area contributed by atoms with E-state index in [2.05, 4.69) is 9.84 Å². The zero-order chi connectivity index (χ0) is 19.4. The largest absolute Gasteiger partial charge is 0.465 e. The molecule has 2 amide bonds. The van der Waals surface area contributed by atoms with E-state index in [1.807, 2.05) is 35.1 Å². The highest BCUT2D eigenvalue weighted by Gasteiger charge is 2.32. The van der Waals surface area contributed by atoms with Crippen molar-refractivity contribution in [3.8, 4) is 0 Å². The van der Waals surface area contributed by atoms with Crippen molar-refractivity contribution in [2.75, 3.05) is 7.11 Å². The summed E-state index contributed by atoms with van der Waals surface area (Å²) in [5.74, 6) is -0.815. The van der Waals surface area contributed by atoms with E-state index in [-0.39, 0.29) is 10.5 Å². The Morgan fingerprint density at radius 3 is 2.48 bits per heavy atom. The summed E-state index contributed by atoms with van der Waals surface area (Å²) in [5, 5.41) is 5.06. The maximum Gasteiger partial charge on any atom is 0.352 e. The monoisotopic (exact) mass is 387 g/mol. The number of hydrogen-bond donors (Lipinski definition) is 1. The lowest BCUT2D eigenvalue weighted by atomic mass is 10.1.